The molecular weight excluding hydrogens is 779 g/mol. The molecule has 3 aromatic carbocycles. The minimum atomic E-state index is -1.04. The first-order valence-electron chi connectivity index (χ1n) is 23.2. The molecule has 62 heavy (non-hydrogen) atoms. The summed E-state index contributed by atoms with van der Waals surface area (Å²) in [4.78, 5) is 3.07. The maximum Gasteiger partial charge on any atom is 0.201 e. The van der Waals surface area contributed by atoms with Crippen molar-refractivity contribution in [2.45, 2.75) is 138 Å². The number of fused-ring (bicyclic) bond motifs is 2. The number of aromatic amines is 1. The summed E-state index contributed by atoms with van der Waals surface area (Å²) in [6, 6.07) is 16.8. The van der Waals surface area contributed by atoms with Gasteiger partial charge in [-0.15, -0.1) is 0 Å². The number of aliphatic hydroxyl groups excluding tert-OH is 2. The van der Waals surface area contributed by atoms with Gasteiger partial charge in [-0.2, -0.15) is 0 Å². The molecule has 3 saturated carbocycles. The zero-order chi connectivity index (χ0) is 43.0. The number of nitrogens with one attached hydrogen (secondary N) is 1. The van der Waals surface area contributed by atoms with Crippen LogP contribution in [0.1, 0.15) is 146 Å². The van der Waals surface area contributed by atoms with Gasteiger partial charge in [-0.05, 0) is 121 Å². The molecule has 10 rings (SSSR count). The number of phenols is 3. The van der Waals surface area contributed by atoms with Gasteiger partial charge in [-0.25, -0.2) is 0 Å². The SMILES string of the molecule is COc1c(O)c(O)c(CO)c(C2CC(O)C3CCC(c4ccc(O)c(C5CC(C)CCC5C5(O)C=CC67C=Cc8ccccc8C6(CCCC7)C5)c4)CC3O2)c1Cc1cc[nH]c1. The van der Waals surface area contributed by atoms with Crippen LogP contribution in [0.25, 0.3) is 6.08 Å². The van der Waals surface area contributed by atoms with Crippen molar-refractivity contribution in [3.05, 3.63) is 124 Å². The van der Waals surface area contributed by atoms with Gasteiger partial charge in [0.05, 0.1) is 37.6 Å². The lowest BCUT2D eigenvalue weighted by molar-refractivity contribution is -0.154. The summed E-state index contributed by atoms with van der Waals surface area (Å²) in [5, 5.41) is 69.5. The van der Waals surface area contributed by atoms with Gasteiger partial charge in [-0.1, -0.05) is 86.9 Å². The number of aromatic hydroxyl groups is 3. The molecule has 0 radical (unpaired) electrons. The van der Waals surface area contributed by atoms with Crippen LogP contribution in [0, 0.1) is 23.2 Å². The van der Waals surface area contributed by atoms with Crippen LogP contribution < -0.4 is 4.74 Å². The molecule has 1 aliphatic heterocycles. The smallest absolute Gasteiger partial charge is 0.201 e. The van der Waals surface area contributed by atoms with Gasteiger partial charge in [0, 0.05) is 53.1 Å². The molecule has 11 unspecified atom stereocenters. The minimum absolute atomic E-state index is 0.0313. The molecule has 0 spiro atoms. The molecular formula is C53H63NO8. The van der Waals surface area contributed by atoms with E-state index in [2.05, 4.69) is 66.5 Å². The Kier molecular flexibility index (Phi) is 10.6. The van der Waals surface area contributed by atoms with E-state index in [0.29, 0.717) is 36.3 Å². The Labute approximate surface area is 365 Å². The second kappa shape index (κ2) is 15.9. The molecule has 0 amide bonds. The highest BCUT2D eigenvalue weighted by atomic mass is 16.5. The third-order valence-electron chi connectivity index (χ3n) is 16.8. The molecule has 1 saturated heterocycles. The maximum atomic E-state index is 13.2. The van der Waals surface area contributed by atoms with Crippen molar-refractivity contribution < 1.29 is 40.1 Å². The number of H-pyrrole nitrogens is 1. The van der Waals surface area contributed by atoms with E-state index in [1.54, 1.807) is 0 Å². The summed E-state index contributed by atoms with van der Waals surface area (Å²) in [5.41, 5.74) is 5.60. The maximum absolute atomic E-state index is 13.2. The lowest BCUT2D eigenvalue weighted by Crippen LogP contribution is -2.58. The van der Waals surface area contributed by atoms with E-state index in [0.717, 1.165) is 68.1 Å². The Morgan fingerprint density at radius 3 is 2.53 bits per heavy atom. The summed E-state index contributed by atoms with van der Waals surface area (Å²) >= 11 is 0. The molecule has 0 bridgehead atoms. The lowest BCUT2D eigenvalue weighted by atomic mass is 9.44. The third kappa shape index (κ3) is 6.63. The number of hydrogen-bond acceptors (Lipinski definition) is 8. The number of allylic oxidation sites excluding steroid dienone is 2. The topological polar surface area (TPSA) is 156 Å². The monoisotopic (exact) mass is 841 g/mol. The fraction of sp³-hybridized carbons (Fsp3) is 0.509. The summed E-state index contributed by atoms with van der Waals surface area (Å²) in [5.74, 6) is -0.0939. The number of phenolic OH excluding ortho intramolecular Hbond substituents is 2. The molecule has 6 aliphatic rings. The number of aliphatic hydroxyl groups is 3. The Hall–Kier alpha value is -4.54. The van der Waals surface area contributed by atoms with E-state index in [-0.39, 0.29) is 64.1 Å². The van der Waals surface area contributed by atoms with Gasteiger partial charge < -0.3 is 45.1 Å². The average Bonchev–Trinajstić information content (AvgIpc) is 3.80. The minimum Gasteiger partial charge on any atom is -0.508 e. The van der Waals surface area contributed by atoms with Crippen molar-refractivity contribution in [2.75, 3.05) is 7.11 Å². The molecule has 4 aromatic rings. The van der Waals surface area contributed by atoms with Crippen LogP contribution in [-0.2, 0) is 23.2 Å². The lowest BCUT2D eigenvalue weighted by Gasteiger charge is -2.60. The Morgan fingerprint density at radius 1 is 0.887 bits per heavy atom. The Balaban J connectivity index is 0.959. The second-order valence-corrected chi connectivity index (χ2v) is 20.0. The first-order chi connectivity index (χ1) is 30.0. The average molecular weight is 842 g/mol. The molecule has 5 aliphatic carbocycles. The standard InChI is InChI=1S/C53H63NO8/c1-31-9-13-42(53(60)21-20-51-17-5-6-18-52(51,30-53)41-8-4-3-7-33(41)15-19-51)37(23-31)38-25-34(11-14-43(38)56)35-10-12-36-44(57)27-46(62-45(36)26-35)47-39(24-32-16-22-54-28-32)50(61-2)49(59)48(58)40(47)29-55/h3-4,7-8,11,14-16,19-22,25,28,31,35-37,42,44-46,54-60H,5-6,9-10,12-13,17-18,23-24,26-27,29-30H2,1-2H3. The number of ether oxygens (including phenoxy) is 2. The van der Waals surface area contributed by atoms with Gasteiger partial charge >= 0.3 is 0 Å². The van der Waals surface area contributed by atoms with E-state index < -0.39 is 35.9 Å². The van der Waals surface area contributed by atoms with Crippen LogP contribution in [0.3, 0.4) is 0 Å². The molecule has 9 nitrogen and oxygen atoms in total. The van der Waals surface area contributed by atoms with Crippen LogP contribution in [0.4, 0.5) is 0 Å². The number of benzene rings is 3. The van der Waals surface area contributed by atoms with Crippen molar-refractivity contribution in [1.29, 1.82) is 0 Å². The molecule has 11 atom stereocenters. The largest absolute Gasteiger partial charge is 0.508 e. The first kappa shape index (κ1) is 41.5. The van der Waals surface area contributed by atoms with E-state index >= 15 is 0 Å². The summed E-state index contributed by atoms with van der Waals surface area (Å²) in [6.45, 7) is 1.77. The van der Waals surface area contributed by atoms with Crippen LogP contribution >= 0.6 is 0 Å². The molecule has 7 N–H and O–H groups in total. The van der Waals surface area contributed by atoms with Gasteiger partial charge in [0.2, 0.25) is 5.75 Å². The second-order valence-electron chi connectivity index (χ2n) is 20.0. The number of hydrogen-bond donors (Lipinski definition) is 7. The van der Waals surface area contributed by atoms with Crippen LogP contribution in [0.5, 0.6) is 23.0 Å². The normalized spacial score (nSPS) is 35.0. The summed E-state index contributed by atoms with van der Waals surface area (Å²) < 4.78 is 12.7. The fourth-order valence-corrected chi connectivity index (χ4v) is 13.8. The Bertz CT molecular complexity index is 2370. The van der Waals surface area contributed by atoms with Gasteiger partial charge in [0.15, 0.2) is 11.5 Å². The van der Waals surface area contributed by atoms with Gasteiger partial charge in [0.25, 0.3) is 0 Å². The zero-order valence-electron chi connectivity index (χ0n) is 36.1. The summed E-state index contributed by atoms with van der Waals surface area (Å²) in [7, 11) is 1.44. The molecule has 4 fully saturated rings. The van der Waals surface area contributed by atoms with Crippen LogP contribution in [0.2, 0.25) is 0 Å². The number of methoxy groups -OCH3 is 1. The number of rotatable bonds is 8. The summed E-state index contributed by atoms with van der Waals surface area (Å²) in [6.07, 6.45) is 22.2. The van der Waals surface area contributed by atoms with Gasteiger partial charge in [-0.3, -0.25) is 0 Å². The molecule has 328 valence electrons. The van der Waals surface area contributed by atoms with E-state index in [9.17, 15) is 30.6 Å². The highest BCUT2D eigenvalue weighted by molar-refractivity contribution is 5.65. The van der Waals surface area contributed by atoms with Crippen molar-refractivity contribution in [2.24, 2.45) is 23.2 Å². The van der Waals surface area contributed by atoms with E-state index in [1.807, 2.05) is 30.6 Å². The third-order valence-corrected chi connectivity index (χ3v) is 16.8. The van der Waals surface area contributed by atoms with Crippen molar-refractivity contribution in [1.82, 2.24) is 4.98 Å². The number of aromatic nitrogens is 1. The zero-order valence-corrected chi connectivity index (χ0v) is 36.1. The van der Waals surface area contributed by atoms with Gasteiger partial charge in [0.1, 0.15) is 5.75 Å². The Morgan fingerprint density at radius 2 is 1.73 bits per heavy atom. The quantitative estimate of drug-likeness (QED) is 0.0684. The van der Waals surface area contributed by atoms with Crippen LogP contribution in [-0.4, -0.2) is 60.5 Å². The first-order valence-corrected chi connectivity index (χ1v) is 23.2. The van der Waals surface area contributed by atoms with Crippen LogP contribution in [0.15, 0.2) is 79.2 Å². The molecule has 1 aromatic heterocycles. The molecule has 2 heterocycles. The predicted molar refractivity (Wildman–Crippen MR) is 238 cm³/mol. The van der Waals surface area contributed by atoms with E-state index in [4.69, 9.17) is 9.47 Å². The highest BCUT2D eigenvalue weighted by Crippen LogP contribution is 2.65. The fourth-order valence-electron chi connectivity index (χ4n) is 13.8. The molecule has 9 heteroatoms. The van der Waals surface area contributed by atoms with Crippen molar-refractivity contribution in [3.8, 4) is 23.0 Å². The highest BCUT2D eigenvalue weighted by Gasteiger charge is 2.60. The van der Waals surface area contributed by atoms with Crippen molar-refractivity contribution >= 4 is 6.08 Å². The van der Waals surface area contributed by atoms with Crippen molar-refractivity contribution in [3.63, 3.8) is 0 Å². The van der Waals surface area contributed by atoms with E-state index in [1.165, 1.54) is 24.7 Å². The predicted octanol–water partition coefficient (Wildman–Crippen LogP) is 9.73.